The number of carbonyl (C=O) groups excluding carboxylic acids is 2. The van der Waals surface area contributed by atoms with Gasteiger partial charge < -0.3 is 10.2 Å². The molecule has 1 atom stereocenters. The summed E-state index contributed by atoms with van der Waals surface area (Å²) < 4.78 is 0.986. The number of benzene rings is 2. The lowest BCUT2D eigenvalue weighted by atomic mass is 10.1. The van der Waals surface area contributed by atoms with Crippen LogP contribution in [0.5, 0.6) is 0 Å². The van der Waals surface area contributed by atoms with Gasteiger partial charge in [-0.25, -0.2) is 0 Å². The monoisotopic (exact) mass is 434 g/mol. The van der Waals surface area contributed by atoms with E-state index >= 15 is 0 Å². The molecule has 1 fully saturated rings. The summed E-state index contributed by atoms with van der Waals surface area (Å²) in [6, 6.07) is 15.6. The molecule has 0 spiro atoms. The van der Waals surface area contributed by atoms with E-state index in [9.17, 15) is 9.59 Å². The number of rotatable bonds is 4. The van der Waals surface area contributed by atoms with Gasteiger partial charge in [-0.2, -0.15) is 0 Å². The van der Waals surface area contributed by atoms with E-state index in [1.165, 1.54) is 5.56 Å². The van der Waals surface area contributed by atoms with Gasteiger partial charge in [0, 0.05) is 22.2 Å². The molecule has 1 aliphatic rings. The maximum atomic E-state index is 12.5. The Morgan fingerprint density at radius 2 is 1.92 bits per heavy atom. The fourth-order valence-corrected chi connectivity index (χ4v) is 3.36. The van der Waals surface area contributed by atoms with E-state index in [2.05, 4.69) is 34.8 Å². The van der Waals surface area contributed by atoms with Crippen molar-refractivity contribution in [3.8, 4) is 0 Å². The topological polar surface area (TPSA) is 49.4 Å². The van der Waals surface area contributed by atoms with Crippen LogP contribution in [-0.2, 0) is 16.0 Å². The fourth-order valence-electron chi connectivity index (χ4n) is 2.84. The Bertz CT molecular complexity index is 758. The number of aryl methyl sites for hydroxylation is 1. The van der Waals surface area contributed by atoms with E-state index in [1.54, 1.807) is 4.90 Å². The molecule has 2 aromatic carbocycles. The van der Waals surface area contributed by atoms with Gasteiger partial charge in [-0.1, -0.05) is 31.2 Å². The molecule has 1 heterocycles. The van der Waals surface area contributed by atoms with Crippen LogP contribution in [0.2, 0.25) is 0 Å². The molecule has 1 N–H and O–H groups in total. The molecule has 3 rings (SSSR count). The third-order valence-electron chi connectivity index (χ3n) is 4.28. The minimum atomic E-state index is -0.320. The van der Waals surface area contributed by atoms with E-state index in [-0.39, 0.29) is 24.2 Å². The normalized spacial score (nSPS) is 17.2. The predicted molar refractivity (Wildman–Crippen MR) is 104 cm³/mol. The third kappa shape index (κ3) is 3.61. The fraction of sp³-hybridized carbons (Fsp3) is 0.263. The summed E-state index contributed by atoms with van der Waals surface area (Å²) in [5.74, 6) is -0.415. The molecule has 0 bridgehead atoms. The average Bonchev–Trinajstić information content (AvgIpc) is 2.99. The quantitative estimate of drug-likeness (QED) is 0.744. The summed E-state index contributed by atoms with van der Waals surface area (Å²) in [5.41, 5.74) is 2.89. The number of hydrogen-bond acceptors (Lipinski definition) is 2. The molecule has 2 aromatic rings. The lowest BCUT2D eigenvalue weighted by molar-refractivity contribution is -0.122. The lowest BCUT2D eigenvalue weighted by Gasteiger charge is -2.17. The highest BCUT2D eigenvalue weighted by molar-refractivity contribution is 14.1. The van der Waals surface area contributed by atoms with Crippen LogP contribution in [0.25, 0.3) is 0 Å². The second-order valence-electron chi connectivity index (χ2n) is 5.89. The van der Waals surface area contributed by atoms with Crippen LogP contribution in [-0.4, -0.2) is 18.4 Å². The Morgan fingerprint density at radius 1 is 1.21 bits per heavy atom. The molecule has 5 heteroatoms. The summed E-state index contributed by atoms with van der Waals surface area (Å²) in [6.07, 6.45) is 1.22. The lowest BCUT2D eigenvalue weighted by Crippen LogP contribution is -2.28. The second-order valence-corrected chi connectivity index (χ2v) is 7.06. The first kappa shape index (κ1) is 17.0. The van der Waals surface area contributed by atoms with Crippen molar-refractivity contribution in [1.82, 2.24) is 0 Å². The zero-order valence-electron chi connectivity index (χ0n) is 13.5. The van der Waals surface area contributed by atoms with Gasteiger partial charge in [-0.3, -0.25) is 9.59 Å². The van der Waals surface area contributed by atoms with Crippen molar-refractivity contribution in [1.29, 1.82) is 0 Å². The number of nitrogens with zero attached hydrogens (tertiary/aromatic N) is 1. The average molecular weight is 434 g/mol. The van der Waals surface area contributed by atoms with Crippen molar-refractivity contribution in [2.75, 3.05) is 16.8 Å². The summed E-state index contributed by atoms with van der Waals surface area (Å²) >= 11 is 2.19. The van der Waals surface area contributed by atoms with E-state index in [1.807, 2.05) is 48.5 Å². The third-order valence-corrected chi connectivity index (χ3v) is 5.22. The predicted octanol–water partition coefficient (Wildman–Crippen LogP) is 3.85. The number of anilines is 2. The Morgan fingerprint density at radius 3 is 2.58 bits per heavy atom. The smallest absolute Gasteiger partial charge is 0.229 e. The number of para-hydroxylation sites is 1. The Hall–Kier alpha value is -1.89. The van der Waals surface area contributed by atoms with Crippen molar-refractivity contribution in [3.63, 3.8) is 0 Å². The van der Waals surface area contributed by atoms with Gasteiger partial charge in [0.25, 0.3) is 0 Å². The van der Waals surface area contributed by atoms with Crippen LogP contribution in [0.3, 0.4) is 0 Å². The summed E-state index contributed by atoms with van der Waals surface area (Å²) in [7, 11) is 0. The molecule has 2 amide bonds. The highest BCUT2D eigenvalue weighted by Gasteiger charge is 2.35. The first-order valence-corrected chi connectivity index (χ1v) is 9.11. The van der Waals surface area contributed by atoms with Crippen molar-refractivity contribution >= 4 is 45.8 Å². The minimum Gasteiger partial charge on any atom is -0.325 e. The van der Waals surface area contributed by atoms with Gasteiger partial charge in [0.1, 0.15) is 0 Å². The van der Waals surface area contributed by atoms with Crippen molar-refractivity contribution in [2.24, 2.45) is 5.92 Å². The highest BCUT2D eigenvalue weighted by atomic mass is 127. The zero-order chi connectivity index (χ0) is 17.1. The number of halogens is 1. The van der Waals surface area contributed by atoms with Gasteiger partial charge in [-0.15, -0.1) is 0 Å². The zero-order valence-corrected chi connectivity index (χ0v) is 15.6. The molecule has 0 saturated carbocycles. The van der Waals surface area contributed by atoms with Gasteiger partial charge in [0.2, 0.25) is 11.8 Å². The first-order valence-electron chi connectivity index (χ1n) is 8.03. The maximum Gasteiger partial charge on any atom is 0.229 e. The molecule has 124 valence electrons. The number of hydrogen-bond donors (Lipinski definition) is 1. The molecule has 1 saturated heterocycles. The summed E-state index contributed by atoms with van der Waals surface area (Å²) in [6.45, 7) is 2.53. The van der Waals surface area contributed by atoms with Crippen LogP contribution >= 0.6 is 22.6 Å². The van der Waals surface area contributed by atoms with E-state index in [4.69, 9.17) is 0 Å². The Balaban J connectivity index is 1.69. The summed E-state index contributed by atoms with van der Waals surface area (Å²) in [4.78, 5) is 26.5. The Kier molecular flexibility index (Phi) is 5.18. The largest absolute Gasteiger partial charge is 0.325 e. The van der Waals surface area contributed by atoms with Crippen LogP contribution in [0, 0.1) is 9.49 Å². The van der Waals surface area contributed by atoms with Crippen LogP contribution in [0.15, 0.2) is 48.5 Å². The van der Waals surface area contributed by atoms with E-state index in [0.29, 0.717) is 6.54 Å². The number of amides is 2. The molecule has 4 nitrogen and oxygen atoms in total. The van der Waals surface area contributed by atoms with Crippen LogP contribution in [0.1, 0.15) is 18.9 Å². The molecule has 0 aliphatic carbocycles. The standard InChI is InChI=1S/C19H19IN2O2/c1-2-13-7-9-15(10-8-13)22-12-14(11-18(22)23)19(24)21-17-6-4-3-5-16(17)20/h3-10,14H,2,11-12H2,1H3,(H,21,24)/t14-/m1/s1. The van der Waals surface area contributed by atoms with E-state index in [0.717, 1.165) is 21.4 Å². The molecule has 1 aliphatic heterocycles. The van der Waals surface area contributed by atoms with Crippen LogP contribution in [0.4, 0.5) is 11.4 Å². The van der Waals surface area contributed by atoms with Crippen LogP contribution < -0.4 is 10.2 Å². The minimum absolute atomic E-state index is 0.00200. The summed E-state index contributed by atoms with van der Waals surface area (Å²) in [5, 5.41) is 2.94. The molecular weight excluding hydrogens is 415 g/mol. The maximum absolute atomic E-state index is 12.5. The Labute approximate surface area is 155 Å². The van der Waals surface area contributed by atoms with Crippen molar-refractivity contribution in [3.05, 3.63) is 57.7 Å². The van der Waals surface area contributed by atoms with Gasteiger partial charge in [0.05, 0.1) is 11.6 Å². The van der Waals surface area contributed by atoms with Gasteiger partial charge in [0.15, 0.2) is 0 Å². The highest BCUT2D eigenvalue weighted by Crippen LogP contribution is 2.27. The number of nitrogens with one attached hydrogen (secondary N) is 1. The van der Waals surface area contributed by atoms with Gasteiger partial charge >= 0.3 is 0 Å². The molecule has 0 aromatic heterocycles. The van der Waals surface area contributed by atoms with Gasteiger partial charge in [-0.05, 0) is 58.8 Å². The number of carbonyl (C=O) groups is 2. The molecule has 0 radical (unpaired) electrons. The molecule has 0 unspecified atom stereocenters. The second kappa shape index (κ2) is 7.34. The molecular formula is C19H19IN2O2. The van der Waals surface area contributed by atoms with E-state index < -0.39 is 0 Å². The van der Waals surface area contributed by atoms with Crippen molar-refractivity contribution in [2.45, 2.75) is 19.8 Å². The first-order chi connectivity index (χ1) is 11.6. The SMILES string of the molecule is CCc1ccc(N2C[C@H](C(=O)Nc3ccccc3I)CC2=O)cc1. The molecule has 24 heavy (non-hydrogen) atoms. The van der Waals surface area contributed by atoms with Crippen molar-refractivity contribution < 1.29 is 9.59 Å².